The van der Waals surface area contributed by atoms with Crippen molar-refractivity contribution in [3.63, 3.8) is 0 Å². The standard InChI is InChI=1S/C45H79O11P/c1-3-5-7-8-9-10-11-12-13-14-15-16-17-18-19-20-21-22-28-32-45(50)56-39(37-55-57(51,52)53)36-54-44(49)31-27-24-23-26-30-40-41(43(48)35-42(40)47)34-33-38(46)29-25-6-4-2/h9-10,12-13,33-34,38-41,43,46,48H,3-8,11,14-32,35-37H2,1-2H3,(H2,51,52,53)/b10-9-,13-12-,34-33+/t38-,39+,40+,41+,43+/m0/s1. The number of carbonyl (C=O) groups is 3. The number of carbonyl (C=O) groups excluding carboxylic acids is 3. The van der Waals surface area contributed by atoms with Gasteiger partial charge in [0.15, 0.2) is 6.10 Å². The van der Waals surface area contributed by atoms with Gasteiger partial charge in [-0.2, -0.15) is 0 Å². The first-order valence-electron chi connectivity index (χ1n) is 22.4. The molecule has 0 amide bonds. The number of allylic oxidation sites excluding steroid dienone is 4. The molecule has 4 N–H and O–H groups in total. The minimum atomic E-state index is -4.82. The highest BCUT2D eigenvalue weighted by Gasteiger charge is 2.39. The molecule has 0 heterocycles. The van der Waals surface area contributed by atoms with Gasteiger partial charge in [0.05, 0.1) is 18.8 Å². The van der Waals surface area contributed by atoms with Gasteiger partial charge < -0.3 is 29.5 Å². The Balaban J connectivity index is 2.22. The fourth-order valence-corrected chi connectivity index (χ4v) is 7.48. The minimum Gasteiger partial charge on any atom is -0.462 e. The van der Waals surface area contributed by atoms with Gasteiger partial charge in [-0.15, -0.1) is 0 Å². The largest absolute Gasteiger partial charge is 0.469 e. The van der Waals surface area contributed by atoms with Crippen LogP contribution < -0.4 is 0 Å². The van der Waals surface area contributed by atoms with Crippen molar-refractivity contribution in [2.45, 2.75) is 206 Å². The lowest BCUT2D eigenvalue weighted by Crippen LogP contribution is -2.29. The Morgan fingerprint density at radius 2 is 1.28 bits per heavy atom. The Bertz CT molecular complexity index is 1180. The average molecular weight is 827 g/mol. The second kappa shape index (κ2) is 34.7. The smallest absolute Gasteiger partial charge is 0.462 e. The fourth-order valence-electron chi connectivity index (χ4n) is 7.12. The Kier molecular flexibility index (Phi) is 32.2. The molecule has 0 saturated heterocycles. The lowest BCUT2D eigenvalue weighted by Gasteiger charge is -2.18. The monoisotopic (exact) mass is 827 g/mol. The third kappa shape index (κ3) is 30.5. The van der Waals surface area contributed by atoms with Crippen LogP contribution in [0.15, 0.2) is 36.5 Å². The molecule has 0 aromatic heterocycles. The van der Waals surface area contributed by atoms with Gasteiger partial charge in [0.25, 0.3) is 0 Å². The van der Waals surface area contributed by atoms with Crippen molar-refractivity contribution < 1.29 is 52.9 Å². The van der Waals surface area contributed by atoms with E-state index in [1.54, 1.807) is 6.08 Å². The molecule has 0 aromatic carbocycles. The molecule has 1 rings (SSSR count). The summed E-state index contributed by atoms with van der Waals surface area (Å²) in [5.74, 6) is -1.58. The second-order valence-electron chi connectivity index (χ2n) is 15.8. The Labute approximate surface area is 344 Å². The predicted molar refractivity (Wildman–Crippen MR) is 226 cm³/mol. The number of Topliss-reactive ketones (excluding diaryl/α,β-unsaturated/α-hetero) is 1. The second-order valence-corrected chi connectivity index (χ2v) is 17.0. The molecule has 0 spiro atoms. The van der Waals surface area contributed by atoms with Gasteiger partial charge in [0, 0.05) is 31.1 Å². The molecular formula is C45H79O11P. The van der Waals surface area contributed by atoms with Crippen molar-refractivity contribution in [2.75, 3.05) is 13.2 Å². The van der Waals surface area contributed by atoms with Gasteiger partial charge >= 0.3 is 19.8 Å². The maximum Gasteiger partial charge on any atom is 0.469 e. The molecule has 11 nitrogen and oxygen atoms in total. The lowest BCUT2D eigenvalue weighted by molar-refractivity contribution is -0.161. The highest BCUT2D eigenvalue weighted by atomic mass is 31.2. The van der Waals surface area contributed by atoms with Crippen molar-refractivity contribution >= 4 is 25.5 Å². The molecule has 12 heteroatoms. The zero-order valence-corrected chi connectivity index (χ0v) is 36.3. The van der Waals surface area contributed by atoms with Crippen LogP contribution in [0.5, 0.6) is 0 Å². The van der Waals surface area contributed by atoms with E-state index >= 15 is 0 Å². The summed E-state index contributed by atoms with van der Waals surface area (Å²) in [4.78, 5) is 55.7. The van der Waals surface area contributed by atoms with Gasteiger partial charge in [-0.1, -0.05) is 147 Å². The molecule has 1 fully saturated rings. The summed E-state index contributed by atoms with van der Waals surface area (Å²) >= 11 is 0. The van der Waals surface area contributed by atoms with Gasteiger partial charge in [-0.25, -0.2) is 4.57 Å². The fraction of sp³-hybridized carbons (Fsp3) is 0.800. The molecular weight excluding hydrogens is 747 g/mol. The van der Waals surface area contributed by atoms with Crippen molar-refractivity contribution in [1.29, 1.82) is 0 Å². The number of esters is 2. The molecule has 0 radical (unpaired) electrons. The normalized spacial score (nSPS) is 18.6. The van der Waals surface area contributed by atoms with Crippen LogP contribution in [-0.2, 0) is 32.9 Å². The van der Waals surface area contributed by atoms with Crippen LogP contribution in [0.25, 0.3) is 0 Å². The number of phosphoric ester groups is 1. The van der Waals surface area contributed by atoms with Crippen LogP contribution in [0.3, 0.4) is 0 Å². The predicted octanol–water partition coefficient (Wildman–Crippen LogP) is 10.3. The van der Waals surface area contributed by atoms with E-state index in [1.807, 2.05) is 6.08 Å². The van der Waals surface area contributed by atoms with Gasteiger partial charge in [-0.05, 0) is 57.8 Å². The number of hydrogen-bond donors (Lipinski definition) is 4. The first-order valence-corrected chi connectivity index (χ1v) is 23.9. The molecule has 330 valence electrons. The molecule has 0 bridgehead atoms. The number of hydrogen-bond acceptors (Lipinski definition) is 9. The Morgan fingerprint density at radius 1 is 0.737 bits per heavy atom. The first-order chi connectivity index (χ1) is 27.5. The van der Waals surface area contributed by atoms with Crippen LogP contribution in [0, 0.1) is 11.8 Å². The summed E-state index contributed by atoms with van der Waals surface area (Å²) in [6, 6.07) is 0. The highest BCUT2D eigenvalue weighted by Crippen LogP contribution is 2.36. The summed E-state index contributed by atoms with van der Waals surface area (Å²) in [6.07, 6.45) is 34.7. The minimum absolute atomic E-state index is 0.0435. The molecule has 0 aromatic rings. The molecule has 1 aliphatic rings. The van der Waals surface area contributed by atoms with E-state index < -0.39 is 44.7 Å². The van der Waals surface area contributed by atoms with Crippen LogP contribution in [0.1, 0.15) is 187 Å². The van der Waals surface area contributed by atoms with Gasteiger partial charge in [-0.3, -0.25) is 18.9 Å². The third-order valence-corrected chi connectivity index (χ3v) is 11.0. The maximum atomic E-state index is 12.5. The lowest BCUT2D eigenvalue weighted by atomic mass is 9.88. The summed E-state index contributed by atoms with van der Waals surface area (Å²) in [7, 11) is -4.82. The SMILES string of the molecule is CCCCC/C=C\C/C=C\CCCCCCCCCCCC(=O)O[C@H](COC(=O)CCCCCC[C@H]1C(=O)C[C@@H](O)[C@@H]1/C=C/[C@@H](O)CCCCC)COP(=O)(O)O. The summed E-state index contributed by atoms with van der Waals surface area (Å²) in [5, 5.41) is 20.7. The molecule has 1 saturated carbocycles. The summed E-state index contributed by atoms with van der Waals surface area (Å²) in [6.45, 7) is 3.37. The number of ether oxygens (including phenoxy) is 2. The maximum absolute atomic E-state index is 12.5. The van der Waals surface area contributed by atoms with Gasteiger partial charge in [0.2, 0.25) is 0 Å². The number of aliphatic hydroxyl groups is 2. The number of aliphatic hydroxyl groups excluding tert-OH is 2. The quantitative estimate of drug-likeness (QED) is 0.0203. The van der Waals surface area contributed by atoms with Crippen molar-refractivity contribution in [3.8, 4) is 0 Å². The summed E-state index contributed by atoms with van der Waals surface area (Å²) < 4.78 is 26.4. The number of ketones is 1. The number of rotatable bonds is 37. The van der Waals surface area contributed by atoms with E-state index in [2.05, 4.69) is 42.7 Å². The topological polar surface area (TPSA) is 177 Å². The molecule has 0 aliphatic heterocycles. The molecule has 0 unspecified atom stereocenters. The van der Waals surface area contributed by atoms with Gasteiger partial charge in [0.1, 0.15) is 12.4 Å². The van der Waals surface area contributed by atoms with E-state index in [9.17, 15) is 29.2 Å². The zero-order valence-electron chi connectivity index (χ0n) is 35.5. The van der Waals surface area contributed by atoms with E-state index in [1.165, 1.54) is 57.8 Å². The third-order valence-electron chi connectivity index (χ3n) is 10.5. The number of unbranched alkanes of at least 4 members (excludes halogenated alkanes) is 17. The summed E-state index contributed by atoms with van der Waals surface area (Å²) in [5.41, 5.74) is 0. The Hall–Kier alpha value is -2.14. The molecule has 5 atom stereocenters. The van der Waals surface area contributed by atoms with Crippen LogP contribution >= 0.6 is 7.82 Å². The highest BCUT2D eigenvalue weighted by molar-refractivity contribution is 7.46. The molecule has 57 heavy (non-hydrogen) atoms. The van der Waals surface area contributed by atoms with Crippen molar-refractivity contribution in [2.24, 2.45) is 11.8 Å². The van der Waals surface area contributed by atoms with Crippen LogP contribution in [-0.4, -0.2) is 69.2 Å². The number of phosphoric acid groups is 1. The van der Waals surface area contributed by atoms with Crippen LogP contribution in [0.4, 0.5) is 0 Å². The van der Waals surface area contributed by atoms with Crippen LogP contribution in [0.2, 0.25) is 0 Å². The zero-order chi connectivity index (χ0) is 42.0. The van der Waals surface area contributed by atoms with E-state index in [0.29, 0.717) is 25.7 Å². The van der Waals surface area contributed by atoms with Crippen molar-refractivity contribution in [3.05, 3.63) is 36.5 Å². The first kappa shape index (κ1) is 52.9. The van der Waals surface area contributed by atoms with E-state index in [4.69, 9.17) is 19.3 Å². The van der Waals surface area contributed by atoms with E-state index in [-0.39, 0.29) is 43.5 Å². The average Bonchev–Trinajstić information content (AvgIpc) is 3.44. The molecule has 1 aliphatic carbocycles. The van der Waals surface area contributed by atoms with Crippen molar-refractivity contribution in [1.82, 2.24) is 0 Å². The Morgan fingerprint density at radius 3 is 1.89 bits per heavy atom. The van der Waals surface area contributed by atoms with E-state index in [0.717, 1.165) is 70.6 Å².